The third-order valence-corrected chi connectivity index (χ3v) is 4.19. The first-order valence-electron chi connectivity index (χ1n) is 7.36. The number of aliphatic imine (C=N–C) groups is 1. The van der Waals surface area contributed by atoms with Gasteiger partial charge in [-0.05, 0) is 24.1 Å². The maximum atomic E-state index is 11.9. The lowest BCUT2D eigenvalue weighted by molar-refractivity contribution is -0.117. The second-order valence-electron chi connectivity index (χ2n) is 5.52. The predicted octanol–water partition coefficient (Wildman–Crippen LogP) is 3.16. The summed E-state index contributed by atoms with van der Waals surface area (Å²) in [7, 11) is 0. The van der Waals surface area contributed by atoms with Crippen molar-refractivity contribution in [3.05, 3.63) is 65.2 Å². The highest BCUT2D eigenvalue weighted by Gasteiger charge is 2.24. The number of anilines is 1. The number of carbonyl (C=O) groups is 1. The molecule has 0 saturated carbocycles. The fourth-order valence-electron chi connectivity index (χ4n) is 3.10. The van der Waals surface area contributed by atoms with Crippen molar-refractivity contribution in [1.82, 2.24) is 0 Å². The fraction of sp³-hybridized carbons (Fsp3) is 0.222. The summed E-state index contributed by atoms with van der Waals surface area (Å²) in [5, 5.41) is 0. The summed E-state index contributed by atoms with van der Waals surface area (Å²) in [4.78, 5) is 18.5. The van der Waals surface area contributed by atoms with Crippen LogP contribution >= 0.6 is 0 Å². The van der Waals surface area contributed by atoms with E-state index >= 15 is 0 Å². The van der Waals surface area contributed by atoms with E-state index in [0.717, 1.165) is 36.5 Å². The molecular weight excluding hydrogens is 260 g/mol. The molecule has 0 bridgehead atoms. The third kappa shape index (κ3) is 2.05. The first-order chi connectivity index (χ1) is 10.3. The predicted molar refractivity (Wildman–Crippen MR) is 83.8 cm³/mol. The highest BCUT2D eigenvalue weighted by molar-refractivity contribution is 6.15. The van der Waals surface area contributed by atoms with E-state index in [4.69, 9.17) is 0 Å². The Bertz CT molecular complexity index is 734. The number of benzene rings is 2. The molecule has 1 amide bonds. The second kappa shape index (κ2) is 4.85. The van der Waals surface area contributed by atoms with E-state index < -0.39 is 0 Å². The monoisotopic (exact) mass is 276 g/mol. The van der Waals surface area contributed by atoms with Crippen LogP contribution in [0, 0.1) is 0 Å². The largest absolute Gasteiger partial charge is 0.312 e. The lowest BCUT2D eigenvalue weighted by Crippen LogP contribution is -2.23. The summed E-state index contributed by atoms with van der Waals surface area (Å²) in [6.45, 7) is 1.56. The van der Waals surface area contributed by atoms with E-state index in [-0.39, 0.29) is 5.91 Å². The van der Waals surface area contributed by atoms with Crippen LogP contribution in [0.5, 0.6) is 0 Å². The van der Waals surface area contributed by atoms with Gasteiger partial charge in [0, 0.05) is 29.8 Å². The quantitative estimate of drug-likeness (QED) is 0.829. The van der Waals surface area contributed by atoms with Gasteiger partial charge in [-0.25, -0.2) is 0 Å². The van der Waals surface area contributed by atoms with Crippen LogP contribution in [0.25, 0.3) is 0 Å². The van der Waals surface area contributed by atoms with E-state index in [9.17, 15) is 4.79 Å². The smallest absolute Gasteiger partial charge is 0.227 e. The molecule has 0 unspecified atom stereocenters. The zero-order valence-electron chi connectivity index (χ0n) is 11.7. The van der Waals surface area contributed by atoms with Crippen molar-refractivity contribution >= 4 is 17.3 Å². The molecule has 4 rings (SSSR count). The molecule has 2 aromatic rings. The molecule has 1 saturated heterocycles. The van der Waals surface area contributed by atoms with Crippen molar-refractivity contribution in [3.8, 4) is 0 Å². The first-order valence-corrected chi connectivity index (χ1v) is 7.36. The molecule has 0 spiro atoms. The van der Waals surface area contributed by atoms with Gasteiger partial charge >= 0.3 is 0 Å². The van der Waals surface area contributed by atoms with Gasteiger partial charge in [0.1, 0.15) is 0 Å². The zero-order valence-corrected chi connectivity index (χ0v) is 11.7. The molecule has 0 aliphatic carbocycles. The Morgan fingerprint density at radius 3 is 2.67 bits per heavy atom. The molecular formula is C18H16N2O. The minimum Gasteiger partial charge on any atom is -0.312 e. The van der Waals surface area contributed by atoms with Gasteiger partial charge in [-0.1, -0.05) is 36.4 Å². The minimum atomic E-state index is 0.228. The number of amides is 1. The van der Waals surface area contributed by atoms with Crippen LogP contribution in [0.15, 0.2) is 53.5 Å². The molecule has 2 aliphatic rings. The van der Waals surface area contributed by atoms with Gasteiger partial charge in [0.05, 0.1) is 12.3 Å². The Kier molecular flexibility index (Phi) is 2.85. The van der Waals surface area contributed by atoms with Crippen LogP contribution in [0.1, 0.15) is 29.5 Å². The van der Waals surface area contributed by atoms with Crippen LogP contribution in [0.3, 0.4) is 0 Å². The van der Waals surface area contributed by atoms with Crippen molar-refractivity contribution in [1.29, 1.82) is 0 Å². The average Bonchev–Trinajstić information content (AvgIpc) is 3.13. The van der Waals surface area contributed by atoms with E-state index in [1.165, 1.54) is 11.1 Å². The van der Waals surface area contributed by atoms with E-state index in [1.54, 1.807) is 0 Å². The number of hydrogen-bond acceptors (Lipinski definition) is 2. The number of hydrogen-bond donors (Lipinski definition) is 0. The molecule has 1 fully saturated rings. The van der Waals surface area contributed by atoms with E-state index in [2.05, 4.69) is 29.3 Å². The third-order valence-electron chi connectivity index (χ3n) is 4.19. The summed E-state index contributed by atoms with van der Waals surface area (Å²) in [5.41, 5.74) is 5.59. The van der Waals surface area contributed by atoms with Crippen molar-refractivity contribution in [3.63, 3.8) is 0 Å². The zero-order chi connectivity index (χ0) is 14.2. The average molecular weight is 276 g/mol. The minimum absolute atomic E-state index is 0.228. The second-order valence-corrected chi connectivity index (χ2v) is 5.52. The Hall–Kier alpha value is -2.42. The highest BCUT2D eigenvalue weighted by Crippen LogP contribution is 2.29. The molecule has 2 aliphatic heterocycles. The maximum absolute atomic E-state index is 11.9. The van der Waals surface area contributed by atoms with Gasteiger partial charge in [0.2, 0.25) is 5.91 Å². The maximum Gasteiger partial charge on any atom is 0.227 e. The number of fused-ring (bicyclic) bond motifs is 1. The summed E-state index contributed by atoms with van der Waals surface area (Å²) in [6.07, 6.45) is 1.62. The van der Waals surface area contributed by atoms with Crippen molar-refractivity contribution < 1.29 is 4.79 Å². The molecule has 21 heavy (non-hydrogen) atoms. The van der Waals surface area contributed by atoms with E-state index in [0.29, 0.717) is 6.42 Å². The van der Waals surface area contributed by atoms with Gasteiger partial charge in [-0.3, -0.25) is 9.79 Å². The standard InChI is InChI=1S/C18H16N2O/c21-17-7-4-10-20(17)15-9-8-14-12-19-18(16(14)11-15)13-5-2-1-3-6-13/h1-3,5-6,8-9,11H,4,7,10,12H2. The fourth-order valence-corrected chi connectivity index (χ4v) is 3.10. The number of nitrogens with zero attached hydrogens (tertiary/aromatic N) is 2. The Labute approximate surface area is 123 Å². The van der Waals surface area contributed by atoms with Crippen molar-refractivity contribution in [2.75, 3.05) is 11.4 Å². The summed E-state index contributed by atoms with van der Waals surface area (Å²) in [6, 6.07) is 16.5. The Balaban J connectivity index is 1.75. The van der Waals surface area contributed by atoms with Crippen LogP contribution in [0.2, 0.25) is 0 Å². The van der Waals surface area contributed by atoms with Gasteiger partial charge in [-0.2, -0.15) is 0 Å². The molecule has 2 heterocycles. The summed E-state index contributed by atoms with van der Waals surface area (Å²) < 4.78 is 0. The molecule has 0 aromatic heterocycles. The lowest BCUT2D eigenvalue weighted by atomic mass is 9.99. The van der Waals surface area contributed by atoms with E-state index in [1.807, 2.05) is 29.2 Å². The Morgan fingerprint density at radius 1 is 1.05 bits per heavy atom. The lowest BCUT2D eigenvalue weighted by Gasteiger charge is -2.17. The van der Waals surface area contributed by atoms with Gasteiger partial charge in [0.15, 0.2) is 0 Å². The highest BCUT2D eigenvalue weighted by atomic mass is 16.2. The topological polar surface area (TPSA) is 32.7 Å². The molecule has 0 radical (unpaired) electrons. The molecule has 2 aromatic carbocycles. The van der Waals surface area contributed by atoms with Gasteiger partial charge < -0.3 is 4.90 Å². The summed E-state index contributed by atoms with van der Waals surface area (Å²) in [5.74, 6) is 0.228. The Morgan fingerprint density at radius 2 is 1.90 bits per heavy atom. The van der Waals surface area contributed by atoms with Gasteiger partial charge in [0.25, 0.3) is 0 Å². The molecule has 0 atom stereocenters. The first kappa shape index (κ1) is 12.3. The van der Waals surface area contributed by atoms with Crippen molar-refractivity contribution in [2.24, 2.45) is 4.99 Å². The molecule has 3 nitrogen and oxygen atoms in total. The van der Waals surface area contributed by atoms with Crippen molar-refractivity contribution in [2.45, 2.75) is 19.4 Å². The van der Waals surface area contributed by atoms with Gasteiger partial charge in [-0.15, -0.1) is 0 Å². The molecule has 104 valence electrons. The van der Waals surface area contributed by atoms with Crippen LogP contribution < -0.4 is 4.90 Å². The number of rotatable bonds is 2. The SMILES string of the molecule is O=C1CCCN1c1ccc2c(c1)C(c1ccccc1)=NC2. The summed E-state index contributed by atoms with van der Waals surface area (Å²) >= 11 is 0. The normalized spacial score (nSPS) is 17.0. The molecule has 3 heteroatoms. The number of carbonyl (C=O) groups excluding carboxylic acids is 1. The molecule has 0 N–H and O–H groups in total. The van der Waals surface area contributed by atoms with Crippen LogP contribution in [-0.2, 0) is 11.3 Å². The van der Waals surface area contributed by atoms with Crippen LogP contribution in [-0.4, -0.2) is 18.2 Å². The van der Waals surface area contributed by atoms with Crippen LogP contribution in [0.4, 0.5) is 5.69 Å².